The maximum absolute atomic E-state index is 12.6. The number of carbonyl (C=O) groups is 1. The Hall–Kier alpha value is -1.53. The Morgan fingerprint density at radius 1 is 1.12 bits per heavy atom. The van der Waals surface area contributed by atoms with Crippen molar-refractivity contribution < 1.29 is 4.79 Å². The van der Waals surface area contributed by atoms with E-state index in [1.807, 2.05) is 19.9 Å². The number of aryl methyl sites for hydroxylation is 2. The molecule has 24 heavy (non-hydrogen) atoms. The monoisotopic (exact) mass is 399 g/mol. The van der Waals surface area contributed by atoms with E-state index in [1.165, 1.54) is 23.5 Å². The van der Waals surface area contributed by atoms with Gasteiger partial charge in [0.15, 0.2) is 0 Å². The van der Waals surface area contributed by atoms with Crippen molar-refractivity contribution in [2.75, 3.05) is 11.1 Å². The molecule has 1 amide bonds. The number of hydrogen-bond donors (Lipinski definition) is 2. The minimum absolute atomic E-state index is 0.294. The van der Waals surface area contributed by atoms with Crippen LogP contribution in [0.3, 0.4) is 0 Å². The number of nitrogens with one attached hydrogen (secondary N) is 1. The zero-order valence-electron chi connectivity index (χ0n) is 12.7. The van der Waals surface area contributed by atoms with E-state index in [-0.39, 0.29) is 5.91 Å². The summed E-state index contributed by atoms with van der Waals surface area (Å²) in [5.74, 6) is -0.368. The second kappa shape index (κ2) is 6.41. The first-order valence-electron chi connectivity index (χ1n) is 6.90. The van der Waals surface area contributed by atoms with Crippen LogP contribution in [0, 0.1) is 13.8 Å². The van der Waals surface area contributed by atoms with Crippen LogP contribution in [0.15, 0.2) is 18.2 Å². The van der Waals surface area contributed by atoms with E-state index < -0.39 is 0 Å². The lowest BCUT2D eigenvalue weighted by molar-refractivity contribution is 0.103. The van der Waals surface area contributed by atoms with E-state index in [2.05, 4.69) is 10.3 Å². The Labute approximate surface area is 157 Å². The van der Waals surface area contributed by atoms with Gasteiger partial charge in [-0.25, -0.2) is 4.98 Å². The average Bonchev–Trinajstić information content (AvgIpc) is 2.81. The van der Waals surface area contributed by atoms with Crippen LogP contribution in [0.25, 0.3) is 10.2 Å². The third kappa shape index (κ3) is 3.05. The van der Waals surface area contributed by atoms with E-state index in [0.717, 1.165) is 21.5 Å². The second-order valence-electron chi connectivity index (χ2n) is 5.31. The molecule has 0 unspecified atom stereocenters. The van der Waals surface area contributed by atoms with Gasteiger partial charge in [0, 0.05) is 11.1 Å². The molecule has 0 aliphatic carbocycles. The van der Waals surface area contributed by atoms with Crippen LogP contribution in [0.5, 0.6) is 0 Å². The normalized spacial score (nSPS) is 11.0. The molecule has 2 heterocycles. The molecule has 0 atom stereocenters. The van der Waals surface area contributed by atoms with E-state index in [1.54, 1.807) is 0 Å². The van der Waals surface area contributed by atoms with Gasteiger partial charge in [-0.2, -0.15) is 0 Å². The van der Waals surface area contributed by atoms with Crippen molar-refractivity contribution in [3.8, 4) is 0 Å². The number of carbonyl (C=O) groups excluding carboxylic acids is 1. The average molecular weight is 401 g/mol. The molecule has 0 bridgehead atoms. The molecule has 0 saturated carbocycles. The third-order valence-corrected chi connectivity index (χ3v) is 5.62. The van der Waals surface area contributed by atoms with Crippen molar-refractivity contribution in [1.29, 1.82) is 0 Å². The summed E-state index contributed by atoms with van der Waals surface area (Å²) in [6, 6.07) is 4.91. The van der Waals surface area contributed by atoms with Crippen LogP contribution < -0.4 is 11.1 Å². The van der Waals surface area contributed by atoms with Crippen LogP contribution in [0.4, 0.5) is 11.4 Å². The quantitative estimate of drug-likeness (QED) is 0.541. The van der Waals surface area contributed by atoms with Gasteiger partial charge in [0.25, 0.3) is 5.91 Å². The number of amides is 1. The van der Waals surface area contributed by atoms with Crippen LogP contribution >= 0.6 is 46.1 Å². The predicted octanol–water partition coefficient (Wildman–Crippen LogP) is 5.71. The van der Waals surface area contributed by atoms with E-state index in [9.17, 15) is 4.79 Å². The highest BCUT2D eigenvalue weighted by Gasteiger charge is 2.20. The second-order valence-corrected chi connectivity index (χ2v) is 7.53. The fourth-order valence-corrected chi connectivity index (χ4v) is 4.14. The number of benzene rings is 1. The van der Waals surface area contributed by atoms with Gasteiger partial charge in [-0.15, -0.1) is 11.3 Å². The Balaban J connectivity index is 2.02. The fourth-order valence-electron chi connectivity index (χ4n) is 2.44. The molecule has 4 nitrogen and oxygen atoms in total. The summed E-state index contributed by atoms with van der Waals surface area (Å²) in [5, 5.41) is 4.43. The summed E-state index contributed by atoms with van der Waals surface area (Å²) in [6.07, 6.45) is 0. The van der Waals surface area contributed by atoms with E-state index in [4.69, 9.17) is 40.5 Å². The molecule has 2 aromatic heterocycles. The first-order chi connectivity index (χ1) is 11.3. The Kier molecular flexibility index (Phi) is 4.62. The summed E-state index contributed by atoms with van der Waals surface area (Å²) >= 11 is 19.2. The first-order valence-corrected chi connectivity index (χ1v) is 8.85. The molecule has 8 heteroatoms. The molecule has 0 aliphatic rings. The number of thiophene rings is 1. The van der Waals surface area contributed by atoms with Gasteiger partial charge in [0.2, 0.25) is 0 Å². The van der Waals surface area contributed by atoms with Gasteiger partial charge in [-0.05, 0) is 37.6 Å². The summed E-state index contributed by atoms with van der Waals surface area (Å²) in [4.78, 5) is 18.2. The maximum Gasteiger partial charge on any atom is 0.267 e. The van der Waals surface area contributed by atoms with Gasteiger partial charge in [-0.1, -0.05) is 34.8 Å². The van der Waals surface area contributed by atoms with Gasteiger partial charge in [-0.3, -0.25) is 4.79 Å². The molecule has 3 rings (SSSR count). The minimum atomic E-state index is -0.368. The number of aromatic nitrogens is 1. The van der Waals surface area contributed by atoms with Crippen molar-refractivity contribution in [1.82, 2.24) is 4.98 Å². The number of anilines is 2. The fraction of sp³-hybridized carbons (Fsp3) is 0.125. The molecular formula is C16H12Cl3N3OS. The zero-order chi connectivity index (χ0) is 17.6. The number of nitrogen functional groups attached to an aromatic ring is 1. The van der Waals surface area contributed by atoms with Crippen LogP contribution in [-0.4, -0.2) is 10.9 Å². The topological polar surface area (TPSA) is 68.0 Å². The molecule has 3 aromatic rings. The summed E-state index contributed by atoms with van der Waals surface area (Å²) < 4.78 is 0. The SMILES string of the molecule is Cc1cc(C)c2c(N)c(C(=O)Nc3cc(Cl)c(Cl)cc3Cl)sc2n1. The van der Waals surface area contributed by atoms with Crippen LogP contribution in [-0.2, 0) is 0 Å². The van der Waals surface area contributed by atoms with Crippen molar-refractivity contribution in [2.45, 2.75) is 13.8 Å². The number of nitrogens with two attached hydrogens (primary N) is 1. The predicted molar refractivity (Wildman–Crippen MR) is 103 cm³/mol. The van der Waals surface area contributed by atoms with Crippen LogP contribution in [0.1, 0.15) is 20.9 Å². The molecule has 3 N–H and O–H groups in total. The standard InChI is InChI=1S/C16H12Cl3N3OS/c1-6-3-7(2)21-16-12(6)13(20)14(24-16)15(23)22-11-5-9(18)8(17)4-10(11)19/h3-5H,20H2,1-2H3,(H,22,23). The van der Waals surface area contributed by atoms with E-state index >= 15 is 0 Å². The van der Waals surface area contributed by atoms with Crippen molar-refractivity contribution in [2.24, 2.45) is 0 Å². The number of nitrogens with zero attached hydrogens (tertiary/aromatic N) is 1. The van der Waals surface area contributed by atoms with Gasteiger partial charge < -0.3 is 11.1 Å². The number of pyridine rings is 1. The van der Waals surface area contributed by atoms with Crippen molar-refractivity contribution >= 4 is 73.6 Å². The Morgan fingerprint density at radius 3 is 2.50 bits per heavy atom. The van der Waals surface area contributed by atoms with Gasteiger partial charge >= 0.3 is 0 Å². The van der Waals surface area contributed by atoms with Gasteiger partial charge in [0.05, 0.1) is 26.4 Å². The highest BCUT2D eigenvalue weighted by molar-refractivity contribution is 7.21. The summed E-state index contributed by atoms with van der Waals surface area (Å²) in [7, 11) is 0. The van der Waals surface area contributed by atoms with Crippen molar-refractivity contribution in [3.63, 3.8) is 0 Å². The lowest BCUT2D eigenvalue weighted by atomic mass is 10.1. The number of rotatable bonds is 2. The smallest absolute Gasteiger partial charge is 0.267 e. The maximum atomic E-state index is 12.6. The van der Waals surface area contributed by atoms with E-state index in [0.29, 0.717) is 31.3 Å². The molecule has 0 aliphatic heterocycles. The Bertz CT molecular complexity index is 985. The Morgan fingerprint density at radius 2 is 1.79 bits per heavy atom. The lowest BCUT2D eigenvalue weighted by Gasteiger charge is -2.08. The first kappa shape index (κ1) is 17.3. The summed E-state index contributed by atoms with van der Waals surface area (Å²) in [5.41, 5.74) is 8.81. The van der Waals surface area contributed by atoms with Gasteiger partial charge in [0.1, 0.15) is 9.71 Å². The van der Waals surface area contributed by atoms with Crippen LogP contribution in [0.2, 0.25) is 15.1 Å². The molecule has 0 radical (unpaired) electrons. The molecule has 124 valence electrons. The molecule has 0 fully saturated rings. The lowest BCUT2D eigenvalue weighted by Crippen LogP contribution is -2.12. The molecule has 0 spiro atoms. The number of hydrogen-bond acceptors (Lipinski definition) is 4. The van der Waals surface area contributed by atoms with Crippen molar-refractivity contribution in [3.05, 3.63) is 49.4 Å². The number of halogens is 3. The largest absolute Gasteiger partial charge is 0.397 e. The highest BCUT2D eigenvalue weighted by Crippen LogP contribution is 2.37. The molecule has 1 aromatic carbocycles. The highest BCUT2D eigenvalue weighted by atomic mass is 35.5. The minimum Gasteiger partial charge on any atom is -0.397 e. The third-order valence-electron chi connectivity index (χ3n) is 3.49. The zero-order valence-corrected chi connectivity index (χ0v) is 15.8. The summed E-state index contributed by atoms with van der Waals surface area (Å²) in [6.45, 7) is 3.84. The molecule has 0 saturated heterocycles. The number of fused-ring (bicyclic) bond motifs is 1. The molecular weight excluding hydrogens is 389 g/mol.